The predicted octanol–water partition coefficient (Wildman–Crippen LogP) is 2.25. The lowest BCUT2D eigenvalue weighted by Gasteiger charge is -2.31. The summed E-state index contributed by atoms with van der Waals surface area (Å²) in [5, 5.41) is 21.4. The third-order valence-electron chi connectivity index (χ3n) is 7.47. The van der Waals surface area contributed by atoms with E-state index in [-0.39, 0.29) is 55.0 Å². The minimum absolute atomic E-state index is 0.0332. The molecule has 5 rings (SSSR count). The molecular weight excluding hydrogens is 550 g/mol. The van der Waals surface area contributed by atoms with Gasteiger partial charge in [0.05, 0.1) is 41.7 Å². The summed E-state index contributed by atoms with van der Waals surface area (Å²) in [4.78, 5) is 13.0. The van der Waals surface area contributed by atoms with Gasteiger partial charge in [0.25, 0.3) is 0 Å². The highest BCUT2D eigenvalue weighted by molar-refractivity contribution is 7.89. The Labute approximate surface area is 239 Å². The number of alkyl carbamates (subject to hydrolysis) is 1. The number of sulfonamides is 1. The van der Waals surface area contributed by atoms with E-state index in [1.54, 1.807) is 6.07 Å². The number of aliphatic hydroxyl groups is 1. The first kappa shape index (κ1) is 29.3. The van der Waals surface area contributed by atoms with Crippen LogP contribution in [0.5, 0.6) is 0 Å². The van der Waals surface area contributed by atoms with Crippen LogP contribution in [-0.4, -0.2) is 85.0 Å². The highest BCUT2D eigenvalue weighted by Gasteiger charge is 2.44. The average Bonchev–Trinajstić information content (AvgIpc) is 3.66. The number of anilines is 1. The molecule has 1 amide bonds. The number of carbonyl (C=O) groups is 1. The summed E-state index contributed by atoms with van der Waals surface area (Å²) in [7, 11) is -4.04. The van der Waals surface area contributed by atoms with Crippen LogP contribution in [0.4, 0.5) is 10.6 Å². The number of aromatic amines is 1. The number of aromatic nitrogens is 2. The van der Waals surface area contributed by atoms with Crippen molar-refractivity contribution in [3.63, 3.8) is 0 Å². The van der Waals surface area contributed by atoms with E-state index in [0.29, 0.717) is 17.5 Å². The van der Waals surface area contributed by atoms with Gasteiger partial charge in [0.1, 0.15) is 6.10 Å². The molecule has 0 radical (unpaired) electrons. The van der Waals surface area contributed by atoms with Crippen LogP contribution in [0.3, 0.4) is 0 Å². The average molecular weight is 588 g/mol. The molecule has 3 heterocycles. The highest BCUT2D eigenvalue weighted by Crippen LogP contribution is 2.33. The van der Waals surface area contributed by atoms with Gasteiger partial charge < -0.3 is 30.4 Å². The second-order valence-corrected chi connectivity index (χ2v) is 12.9. The number of fused-ring (bicyclic) bond motifs is 2. The van der Waals surface area contributed by atoms with Crippen molar-refractivity contribution in [1.82, 2.24) is 19.8 Å². The Morgan fingerprint density at radius 1 is 1.22 bits per heavy atom. The molecule has 1 aromatic heterocycles. The largest absolute Gasteiger partial charge is 0.443 e. The third kappa shape index (κ3) is 6.65. The van der Waals surface area contributed by atoms with Crippen LogP contribution in [0.15, 0.2) is 53.4 Å². The zero-order valence-corrected chi connectivity index (χ0v) is 23.9. The van der Waals surface area contributed by atoms with Gasteiger partial charge in [0.15, 0.2) is 12.1 Å². The lowest BCUT2D eigenvalue weighted by atomic mass is 10.0. The maximum Gasteiger partial charge on any atom is 0.407 e. The summed E-state index contributed by atoms with van der Waals surface area (Å²) in [6.45, 7) is 4.48. The Morgan fingerprint density at radius 2 is 2.00 bits per heavy atom. The molecule has 0 aliphatic carbocycles. The number of H-pyrrole nitrogens is 1. The molecule has 5 atom stereocenters. The van der Waals surface area contributed by atoms with E-state index in [0.717, 1.165) is 12.0 Å². The molecule has 13 heteroatoms. The number of amides is 1. The Bertz CT molecular complexity index is 1450. The van der Waals surface area contributed by atoms with Crippen molar-refractivity contribution in [2.75, 3.05) is 32.0 Å². The number of aliphatic hydroxyl groups excluding tert-OH is 1. The fourth-order valence-electron chi connectivity index (χ4n) is 5.36. The molecule has 5 N–H and O–H groups in total. The zero-order chi connectivity index (χ0) is 29.1. The van der Waals surface area contributed by atoms with Gasteiger partial charge in [-0.25, -0.2) is 13.2 Å². The van der Waals surface area contributed by atoms with Crippen LogP contribution in [-0.2, 0) is 30.7 Å². The summed E-state index contributed by atoms with van der Waals surface area (Å²) in [6.07, 6.45) is -1.78. The fraction of sp³-hybridized carbons (Fsp3) is 0.500. The fourth-order valence-corrected chi connectivity index (χ4v) is 7.01. The van der Waals surface area contributed by atoms with E-state index >= 15 is 0 Å². The maximum absolute atomic E-state index is 13.8. The van der Waals surface area contributed by atoms with Crippen molar-refractivity contribution in [2.24, 2.45) is 11.8 Å². The van der Waals surface area contributed by atoms with E-state index < -0.39 is 34.4 Å². The number of nitrogens with zero attached hydrogens (tertiary/aromatic N) is 2. The van der Waals surface area contributed by atoms with Gasteiger partial charge in [0, 0.05) is 18.5 Å². The summed E-state index contributed by atoms with van der Waals surface area (Å²) in [5.41, 5.74) is 7.40. The molecule has 0 saturated carbocycles. The number of hydrogen-bond acceptors (Lipinski definition) is 9. The minimum Gasteiger partial charge on any atom is -0.443 e. The van der Waals surface area contributed by atoms with Crippen molar-refractivity contribution in [2.45, 2.75) is 56.1 Å². The second kappa shape index (κ2) is 12.3. The maximum atomic E-state index is 13.8. The van der Waals surface area contributed by atoms with Gasteiger partial charge in [-0.15, -0.1) is 0 Å². The molecule has 0 spiro atoms. The lowest BCUT2D eigenvalue weighted by molar-refractivity contribution is -0.0907. The number of benzene rings is 2. The molecule has 222 valence electrons. The number of nitrogens with two attached hydrogens (primary N) is 1. The number of rotatable bonds is 11. The van der Waals surface area contributed by atoms with Crippen molar-refractivity contribution in [1.29, 1.82) is 0 Å². The van der Waals surface area contributed by atoms with Gasteiger partial charge >= 0.3 is 6.09 Å². The van der Waals surface area contributed by atoms with E-state index in [4.69, 9.17) is 19.9 Å². The van der Waals surface area contributed by atoms with E-state index in [1.165, 1.54) is 16.4 Å². The number of nitrogen functional groups attached to an aromatic ring is 1. The molecule has 2 aliphatic heterocycles. The molecule has 0 bridgehead atoms. The number of hydrogen-bond donors (Lipinski definition) is 4. The zero-order valence-electron chi connectivity index (χ0n) is 23.1. The van der Waals surface area contributed by atoms with E-state index in [9.17, 15) is 18.3 Å². The van der Waals surface area contributed by atoms with Crippen molar-refractivity contribution in [3.05, 3.63) is 54.1 Å². The molecule has 2 aromatic carbocycles. The molecule has 2 fully saturated rings. The topological polar surface area (TPSA) is 169 Å². The van der Waals surface area contributed by atoms with Crippen LogP contribution in [0.1, 0.15) is 25.8 Å². The van der Waals surface area contributed by atoms with Crippen molar-refractivity contribution in [3.8, 4) is 0 Å². The quantitative estimate of drug-likeness (QED) is 0.263. The predicted molar refractivity (Wildman–Crippen MR) is 151 cm³/mol. The lowest BCUT2D eigenvalue weighted by Crippen LogP contribution is -2.51. The Morgan fingerprint density at radius 3 is 2.76 bits per heavy atom. The molecular formula is C28H37N5O7S. The van der Waals surface area contributed by atoms with Crippen LogP contribution < -0.4 is 11.1 Å². The molecule has 2 saturated heterocycles. The van der Waals surface area contributed by atoms with Gasteiger partial charge in [-0.3, -0.25) is 5.10 Å². The first-order chi connectivity index (χ1) is 19.6. The number of ether oxygens (including phenoxy) is 3. The highest BCUT2D eigenvalue weighted by atomic mass is 32.2. The van der Waals surface area contributed by atoms with Gasteiger partial charge in [0.2, 0.25) is 10.0 Å². The second-order valence-electron chi connectivity index (χ2n) is 11.0. The SMILES string of the molecule is CC(C)CN(CC(O)C(Cc1ccccc1)NC(=O)OC1COC2OCCC12)S(=O)(=O)c1ccc2[nH]nc(N)c2c1. The van der Waals surface area contributed by atoms with Crippen LogP contribution in [0.2, 0.25) is 0 Å². The summed E-state index contributed by atoms with van der Waals surface area (Å²) in [6, 6.07) is 13.1. The summed E-state index contributed by atoms with van der Waals surface area (Å²) < 4.78 is 45.7. The first-order valence-corrected chi connectivity index (χ1v) is 15.2. The number of nitrogens with one attached hydrogen (secondary N) is 2. The summed E-state index contributed by atoms with van der Waals surface area (Å²) in [5.74, 6) is 0.127. The smallest absolute Gasteiger partial charge is 0.407 e. The van der Waals surface area contributed by atoms with Gasteiger partial charge in [-0.1, -0.05) is 44.2 Å². The van der Waals surface area contributed by atoms with Crippen LogP contribution in [0, 0.1) is 11.8 Å². The third-order valence-corrected chi connectivity index (χ3v) is 9.30. The molecule has 41 heavy (non-hydrogen) atoms. The monoisotopic (exact) mass is 587 g/mol. The van der Waals surface area contributed by atoms with Crippen LogP contribution in [0.25, 0.3) is 10.9 Å². The standard InChI is InChI=1S/C28H37N5O7S/c1-17(2)14-33(41(36,37)19-8-9-22-21(13-19)26(29)32-31-22)15-24(34)23(12-18-6-4-3-5-7-18)30-28(35)40-25-16-39-27-20(25)10-11-38-27/h3-9,13,17,20,23-25,27,34H,10-12,14-16H2,1-2H3,(H,30,35)(H3,29,31,32). The molecule has 2 aliphatic rings. The molecule has 12 nitrogen and oxygen atoms in total. The van der Waals surface area contributed by atoms with Gasteiger partial charge in [-0.05, 0) is 42.5 Å². The molecule has 3 aromatic rings. The van der Waals surface area contributed by atoms with E-state index in [2.05, 4.69) is 15.5 Å². The van der Waals surface area contributed by atoms with E-state index in [1.807, 2.05) is 44.2 Å². The minimum atomic E-state index is -4.04. The number of carbonyl (C=O) groups excluding carboxylic acids is 1. The van der Waals surface area contributed by atoms with Crippen LogP contribution >= 0.6 is 0 Å². The molecule has 5 unspecified atom stereocenters. The summed E-state index contributed by atoms with van der Waals surface area (Å²) >= 11 is 0. The Kier molecular flexibility index (Phi) is 8.80. The van der Waals surface area contributed by atoms with Gasteiger partial charge in [-0.2, -0.15) is 9.40 Å². The Hall–Kier alpha value is -3.23. The normalized spacial score (nSPS) is 22.2. The van der Waals surface area contributed by atoms with Crippen molar-refractivity contribution < 1.29 is 32.5 Å². The first-order valence-electron chi connectivity index (χ1n) is 13.8. The van der Waals surface area contributed by atoms with Crippen molar-refractivity contribution >= 4 is 32.8 Å². The Balaban J connectivity index is 1.35.